The van der Waals surface area contributed by atoms with Gasteiger partial charge in [-0.15, -0.1) is 0 Å². The van der Waals surface area contributed by atoms with E-state index >= 15 is 0 Å². The van der Waals surface area contributed by atoms with Gasteiger partial charge >= 0.3 is 0 Å². The zero-order valence-electron chi connectivity index (χ0n) is 10.9. The predicted octanol–water partition coefficient (Wildman–Crippen LogP) is 2.78. The Bertz CT molecular complexity index is 177. The van der Waals surface area contributed by atoms with Crippen LogP contribution in [0, 0.1) is 0 Å². The van der Waals surface area contributed by atoms with Crippen LogP contribution in [0.4, 0.5) is 0 Å². The van der Waals surface area contributed by atoms with Crippen molar-refractivity contribution < 1.29 is 0 Å². The highest BCUT2D eigenvalue weighted by Gasteiger charge is 2.25. The summed E-state index contributed by atoms with van der Waals surface area (Å²) in [4.78, 5) is 2.79. The molecule has 2 nitrogen and oxygen atoms in total. The maximum Gasteiger partial charge on any atom is 0.00964 e. The van der Waals surface area contributed by atoms with Gasteiger partial charge in [0.05, 0.1) is 0 Å². The van der Waals surface area contributed by atoms with Crippen LogP contribution < -0.4 is 5.32 Å². The lowest BCUT2D eigenvalue weighted by Gasteiger charge is -2.36. The highest BCUT2D eigenvalue weighted by molar-refractivity contribution is 4.83. The Labute approximate surface area is 101 Å². The maximum absolute atomic E-state index is 3.60. The van der Waals surface area contributed by atoms with Crippen LogP contribution in [0.1, 0.15) is 58.3 Å². The van der Waals surface area contributed by atoms with Crippen molar-refractivity contribution in [2.45, 2.75) is 70.4 Å². The molecule has 0 spiro atoms. The quantitative estimate of drug-likeness (QED) is 0.793. The van der Waals surface area contributed by atoms with E-state index in [-0.39, 0.29) is 0 Å². The van der Waals surface area contributed by atoms with Gasteiger partial charge in [0, 0.05) is 12.1 Å². The fourth-order valence-corrected chi connectivity index (χ4v) is 3.39. The van der Waals surface area contributed by atoms with Gasteiger partial charge in [0.25, 0.3) is 0 Å². The first-order chi connectivity index (χ1) is 7.90. The lowest BCUT2D eigenvalue weighted by atomic mass is 9.90. The maximum atomic E-state index is 3.60. The van der Waals surface area contributed by atoms with E-state index in [1.165, 1.54) is 64.5 Å². The van der Waals surface area contributed by atoms with Crippen molar-refractivity contribution in [3.63, 3.8) is 0 Å². The van der Waals surface area contributed by atoms with Gasteiger partial charge in [-0.1, -0.05) is 19.8 Å². The first-order valence-corrected chi connectivity index (χ1v) is 7.37. The third-order valence-corrected chi connectivity index (χ3v) is 4.35. The second kappa shape index (κ2) is 6.61. The van der Waals surface area contributed by atoms with Crippen molar-refractivity contribution in [2.75, 3.05) is 19.6 Å². The molecule has 2 aliphatic rings. The molecule has 1 N–H and O–H groups in total. The standard InChI is InChI=1S/C14H28N2/c1-2-15-13-7-9-14(10-8-13)16-11-5-3-4-6-12-16/h13-15H,2-12H2,1H3. The van der Waals surface area contributed by atoms with Crippen molar-refractivity contribution in [1.29, 1.82) is 0 Å². The van der Waals surface area contributed by atoms with E-state index in [9.17, 15) is 0 Å². The van der Waals surface area contributed by atoms with E-state index < -0.39 is 0 Å². The molecular formula is C14H28N2. The van der Waals surface area contributed by atoms with E-state index in [2.05, 4.69) is 17.1 Å². The molecule has 2 rings (SSSR count). The number of likely N-dealkylation sites (tertiary alicyclic amines) is 1. The Balaban J connectivity index is 1.74. The number of rotatable bonds is 3. The molecule has 1 saturated heterocycles. The molecule has 0 aromatic heterocycles. The first kappa shape index (κ1) is 12.4. The van der Waals surface area contributed by atoms with Crippen molar-refractivity contribution in [1.82, 2.24) is 10.2 Å². The van der Waals surface area contributed by atoms with Crippen molar-refractivity contribution in [3.05, 3.63) is 0 Å². The summed E-state index contributed by atoms with van der Waals surface area (Å²) in [5, 5.41) is 3.60. The summed E-state index contributed by atoms with van der Waals surface area (Å²) in [6, 6.07) is 1.72. The number of hydrogen-bond acceptors (Lipinski definition) is 2. The fourth-order valence-electron chi connectivity index (χ4n) is 3.39. The Morgan fingerprint density at radius 1 is 0.938 bits per heavy atom. The fraction of sp³-hybridized carbons (Fsp3) is 1.00. The van der Waals surface area contributed by atoms with Crippen LogP contribution in [-0.2, 0) is 0 Å². The summed E-state index contributed by atoms with van der Waals surface area (Å²) in [5.41, 5.74) is 0. The van der Waals surface area contributed by atoms with Gasteiger partial charge in [0.15, 0.2) is 0 Å². The first-order valence-electron chi connectivity index (χ1n) is 7.37. The molecule has 0 amide bonds. The van der Waals surface area contributed by atoms with Crippen molar-refractivity contribution in [3.8, 4) is 0 Å². The minimum Gasteiger partial charge on any atom is -0.314 e. The summed E-state index contributed by atoms with van der Waals surface area (Å²) in [5.74, 6) is 0. The monoisotopic (exact) mass is 224 g/mol. The SMILES string of the molecule is CCNC1CCC(N2CCCCCC2)CC1. The van der Waals surface area contributed by atoms with Crippen LogP contribution in [0.5, 0.6) is 0 Å². The van der Waals surface area contributed by atoms with E-state index in [1.807, 2.05) is 0 Å². The molecule has 1 aliphatic carbocycles. The van der Waals surface area contributed by atoms with Crippen LogP contribution in [0.3, 0.4) is 0 Å². The van der Waals surface area contributed by atoms with E-state index in [0.717, 1.165) is 18.6 Å². The predicted molar refractivity (Wildman–Crippen MR) is 69.8 cm³/mol. The van der Waals surface area contributed by atoms with Gasteiger partial charge < -0.3 is 10.2 Å². The molecule has 0 aromatic rings. The highest BCUT2D eigenvalue weighted by Crippen LogP contribution is 2.25. The molecule has 0 aromatic carbocycles. The molecule has 1 heterocycles. The lowest BCUT2D eigenvalue weighted by molar-refractivity contribution is 0.148. The summed E-state index contributed by atoms with van der Waals surface area (Å²) < 4.78 is 0. The average Bonchev–Trinajstić information content (AvgIpc) is 2.59. The lowest BCUT2D eigenvalue weighted by Crippen LogP contribution is -2.42. The summed E-state index contributed by atoms with van der Waals surface area (Å²) >= 11 is 0. The van der Waals surface area contributed by atoms with Crippen molar-refractivity contribution in [2.24, 2.45) is 0 Å². The van der Waals surface area contributed by atoms with E-state index in [1.54, 1.807) is 0 Å². The van der Waals surface area contributed by atoms with Gasteiger partial charge in [0.1, 0.15) is 0 Å². The third-order valence-electron chi connectivity index (χ3n) is 4.35. The van der Waals surface area contributed by atoms with Crippen molar-refractivity contribution >= 4 is 0 Å². The number of nitrogens with one attached hydrogen (secondary N) is 1. The Morgan fingerprint density at radius 3 is 2.12 bits per heavy atom. The zero-order valence-corrected chi connectivity index (χ0v) is 10.9. The van der Waals surface area contributed by atoms with Crippen LogP contribution in [-0.4, -0.2) is 36.6 Å². The molecule has 0 bridgehead atoms. The highest BCUT2D eigenvalue weighted by atomic mass is 15.2. The molecule has 0 unspecified atom stereocenters. The average molecular weight is 224 g/mol. The van der Waals surface area contributed by atoms with Gasteiger partial charge in [-0.3, -0.25) is 0 Å². The van der Waals surface area contributed by atoms with Crippen LogP contribution in [0.15, 0.2) is 0 Å². The third kappa shape index (κ3) is 3.46. The minimum atomic E-state index is 0.813. The number of nitrogens with zero attached hydrogens (tertiary/aromatic N) is 1. The van der Waals surface area contributed by atoms with Crippen LogP contribution >= 0.6 is 0 Å². The Kier molecular flexibility index (Phi) is 5.11. The zero-order chi connectivity index (χ0) is 11.2. The van der Waals surface area contributed by atoms with E-state index in [4.69, 9.17) is 0 Å². The molecule has 0 radical (unpaired) electrons. The molecule has 16 heavy (non-hydrogen) atoms. The van der Waals surface area contributed by atoms with Gasteiger partial charge in [-0.25, -0.2) is 0 Å². The smallest absolute Gasteiger partial charge is 0.00964 e. The molecule has 0 atom stereocenters. The van der Waals surface area contributed by atoms with Gasteiger partial charge in [-0.05, 0) is 58.2 Å². The summed E-state index contributed by atoms with van der Waals surface area (Å²) in [7, 11) is 0. The molecule has 2 heteroatoms. The van der Waals surface area contributed by atoms with E-state index in [0.29, 0.717) is 0 Å². The molecule has 2 fully saturated rings. The Morgan fingerprint density at radius 2 is 1.56 bits per heavy atom. The molecule has 94 valence electrons. The van der Waals surface area contributed by atoms with Crippen LogP contribution in [0.2, 0.25) is 0 Å². The summed E-state index contributed by atoms with van der Waals surface area (Å²) in [6.07, 6.45) is 11.5. The Hall–Kier alpha value is -0.0800. The molecule has 1 saturated carbocycles. The normalized spacial score (nSPS) is 33.6. The largest absolute Gasteiger partial charge is 0.314 e. The molecular weight excluding hydrogens is 196 g/mol. The topological polar surface area (TPSA) is 15.3 Å². The minimum absolute atomic E-state index is 0.813. The number of hydrogen-bond donors (Lipinski definition) is 1. The van der Waals surface area contributed by atoms with Crippen LogP contribution in [0.25, 0.3) is 0 Å². The summed E-state index contributed by atoms with van der Waals surface area (Å²) in [6.45, 7) is 6.10. The second-order valence-corrected chi connectivity index (χ2v) is 5.51. The van der Waals surface area contributed by atoms with Gasteiger partial charge in [-0.2, -0.15) is 0 Å². The molecule has 1 aliphatic heterocycles. The van der Waals surface area contributed by atoms with Gasteiger partial charge in [0.2, 0.25) is 0 Å². The second-order valence-electron chi connectivity index (χ2n) is 5.51.